The second kappa shape index (κ2) is 7.17. The van der Waals surface area contributed by atoms with Crippen LogP contribution in [0.15, 0.2) is 0 Å². The number of nitrogens with one attached hydrogen (secondary N) is 1. The molecule has 0 heterocycles. The Labute approximate surface area is 120 Å². The van der Waals surface area contributed by atoms with E-state index in [-0.39, 0.29) is 30.8 Å². The van der Waals surface area contributed by atoms with E-state index in [4.69, 9.17) is 4.74 Å². The third-order valence-corrected chi connectivity index (χ3v) is 4.25. The number of carbonyl (C=O) groups excluding carboxylic acids is 2. The smallest absolute Gasteiger partial charge is 0.306 e. The lowest BCUT2D eigenvalue weighted by Crippen LogP contribution is -2.38. The lowest BCUT2D eigenvalue weighted by Gasteiger charge is -2.20. The van der Waals surface area contributed by atoms with Gasteiger partial charge in [0.1, 0.15) is 5.60 Å². The molecule has 0 aliphatic heterocycles. The molecule has 0 aromatic heterocycles. The first kappa shape index (κ1) is 16.3. The van der Waals surface area contributed by atoms with E-state index in [0.717, 1.165) is 12.8 Å². The van der Waals surface area contributed by atoms with E-state index in [2.05, 4.69) is 11.6 Å². The molecule has 0 radical (unpaired) electrons. The molecule has 110 valence electrons. The van der Waals surface area contributed by atoms with Crippen LogP contribution in [0.25, 0.3) is 0 Å². The van der Waals surface area contributed by atoms with Gasteiger partial charge in [0.2, 0.25) is 5.91 Å². The summed E-state index contributed by atoms with van der Waals surface area (Å²) in [5.41, 5.74) is -0.483. The highest BCUT2D eigenvalue weighted by atomic mass is 32.2. The summed E-state index contributed by atoms with van der Waals surface area (Å²) in [5.74, 6) is -0.354. The van der Waals surface area contributed by atoms with Gasteiger partial charge in [-0.25, -0.2) is 0 Å². The van der Waals surface area contributed by atoms with E-state index in [1.54, 1.807) is 0 Å². The molecule has 0 bridgehead atoms. The van der Waals surface area contributed by atoms with E-state index in [0.29, 0.717) is 5.25 Å². The molecule has 2 unspecified atom stereocenters. The van der Waals surface area contributed by atoms with Crippen LogP contribution < -0.4 is 5.32 Å². The Bertz CT molecular complexity index is 325. The predicted molar refractivity (Wildman–Crippen MR) is 78.2 cm³/mol. The zero-order valence-electron chi connectivity index (χ0n) is 12.3. The minimum atomic E-state index is -0.483. The maximum atomic E-state index is 11.8. The first-order chi connectivity index (χ1) is 8.81. The molecule has 0 aromatic rings. The van der Waals surface area contributed by atoms with Gasteiger partial charge in [-0.1, -0.05) is 6.42 Å². The lowest BCUT2D eigenvalue weighted by atomic mass is 10.2. The third-order valence-electron chi connectivity index (χ3n) is 3.08. The van der Waals surface area contributed by atoms with Crippen molar-refractivity contribution >= 4 is 23.6 Å². The largest absolute Gasteiger partial charge is 0.460 e. The van der Waals surface area contributed by atoms with Crippen LogP contribution in [0.5, 0.6) is 0 Å². The van der Waals surface area contributed by atoms with Gasteiger partial charge >= 0.3 is 5.97 Å². The van der Waals surface area contributed by atoms with E-state index in [9.17, 15) is 9.59 Å². The maximum absolute atomic E-state index is 11.8. The van der Waals surface area contributed by atoms with Crippen LogP contribution in [-0.2, 0) is 14.3 Å². The minimum Gasteiger partial charge on any atom is -0.460 e. The van der Waals surface area contributed by atoms with Crippen LogP contribution in [0.1, 0.15) is 52.9 Å². The van der Waals surface area contributed by atoms with Crippen LogP contribution in [0.3, 0.4) is 0 Å². The summed E-state index contributed by atoms with van der Waals surface area (Å²) in [7, 11) is 0. The molecule has 1 N–H and O–H groups in total. The van der Waals surface area contributed by atoms with E-state index in [1.807, 2.05) is 32.5 Å². The molecule has 0 aromatic carbocycles. The fourth-order valence-electron chi connectivity index (χ4n) is 2.26. The Morgan fingerprint density at radius 1 is 1.26 bits per heavy atom. The van der Waals surface area contributed by atoms with Gasteiger partial charge in [-0.05, 0) is 39.9 Å². The van der Waals surface area contributed by atoms with Crippen molar-refractivity contribution in [2.75, 3.05) is 6.26 Å². The third kappa shape index (κ3) is 6.32. The van der Waals surface area contributed by atoms with Crippen molar-refractivity contribution in [1.82, 2.24) is 5.32 Å². The second-order valence-electron chi connectivity index (χ2n) is 5.97. The van der Waals surface area contributed by atoms with Crippen molar-refractivity contribution in [3.63, 3.8) is 0 Å². The summed E-state index contributed by atoms with van der Waals surface area (Å²) in [6.07, 6.45) is 5.83. The number of hydrogen-bond acceptors (Lipinski definition) is 4. The second-order valence-corrected chi connectivity index (χ2v) is 7.04. The van der Waals surface area contributed by atoms with Crippen molar-refractivity contribution in [2.24, 2.45) is 0 Å². The van der Waals surface area contributed by atoms with Crippen LogP contribution in [0.2, 0.25) is 0 Å². The Morgan fingerprint density at radius 2 is 1.95 bits per heavy atom. The molecule has 19 heavy (non-hydrogen) atoms. The Morgan fingerprint density at radius 3 is 2.53 bits per heavy atom. The average Bonchev–Trinajstić information content (AvgIpc) is 2.71. The van der Waals surface area contributed by atoms with Crippen LogP contribution in [0.4, 0.5) is 0 Å². The van der Waals surface area contributed by atoms with Gasteiger partial charge in [0.15, 0.2) is 0 Å². The molecule has 5 heteroatoms. The predicted octanol–water partition coefficient (Wildman–Crippen LogP) is 2.51. The summed E-state index contributed by atoms with van der Waals surface area (Å²) < 4.78 is 5.18. The minimum absolute atomic E-state index is 0.0446. The normalized spacial score (nSPS) is 23.2. The molecule has 1 aliphatic carbocycles. The highest BCUT2D eigenvalue weighted by Crippen LogP contribution is 2.28. The van der Waals surface area contributed by atoms with Crippen LogP contribution >= 0.6 is 11.8 Å². The highest BCUT2D eigenvalue weighted by molar-refractivity contribution is 7.99. The van der Waals surface area contributed by atoms with Crippen molar-refractivity contribution in [2.45, 2.75) is 69.8 Å². The summed E-state index contributed by atoms with van der Waals surface area (Å²) in [5, 5.41) is 3.55. The fraction of sp³-hybridized carbons (Fsp3) is 0.857. The zero-order chi connectivity index (χ0) is 14.5. The number of esters is 1. The molecule has 1 rings (SSSR count). The molecular formula is C14H25NO3S. The number of carbonyl (C=O) groups is 2. The van der Waals surface area contributed by atoms with Gasteiger partial charge in [0, 0.05) is 17.7 Å². The molecule has 1 saturated carbocycles. The van der Waals surface area contributed by atoms with Crippen LogP contribution in [0, 0.1) is 0 Å². The van der Waals surface area contributed by atoms with Crippen molar-refractivity contribution < 1.29 is 14.3 Å². The molecule has 0 spiro atoms. The van der Waals surface area contributed by atoms with Gasteiger partial charge in [-0.15, -0.1) is 0 Å². The average molecular weight is 287 g/mol. The molecular weight excluding hydrogens is 262 g/mol. The summed E-state index contributed by atoms with van der Waals surface area (Å²) in [6, 6.07) is 0.265. The lowest BCUT2D eigenvalue weighted by molar-refractivity contribution is -0.155. The van der Waals surface area contributed by atoms with E-state index in [1.165, 1.54) is 6.42 Å². The summed E-state index contributed by atoms with van der Waals surface area (Å²) in [4.78, 5) is 23.3. The molecule has 2 atom stereocenters. The number of ether oxygens (including phenoxy) is 1. The number of amides is 1. The van der Waals surface area contributed by atoms with E-state index >= 15 is 0 Å². The van der Waals surface area contributed by atoms with Gasteiger partial charge in [0.25, 0.3) is 0 Å². The monoisotopic (exact) mass is 287 g/mol. The van der Waals surface area contributed by atoms with E-state index < -0.39 is 5.60 Å². The molecule has 1 fully saturated rings. The first-order valence-corrected chi connectivity index (χ1v) is 8.14. The topological polar surface area (TPSA) is 55.4 Å². The summed E-state index contributed by atoms with van der Waals surface area (Å²) >= 11 is 1.81. The standard InChI is InChI=1S/C14H25NO3S/c1-14(2,3)18-13(17)9-8-12(16)15-10-6-5-7-11(10)19-4/h10-11H,5-9H2,1-4H3,(H,15,16). The quantitative estimate of drug-likeness (QED) is 0.789. The number of rotatable bonds is 5. The Kier molecular flexibility index (Phi) is 6.17. The molecule has 0 saturated heterocycles. The molecule has 1 aliphatic rings. The van der Waals surface area contributed by atoms with Crippen molar-refractivity contribution in [1.29, 1.82) is 0 Å². The fourth-order valence-corrected chi connectivity index (χ4v) is 3.20. The first-order valence-electron chi connectivity index (χ1n) is 6.86. The Balaban J connectivity index is 2.26. The number of thioether (sulfide) groups is 1. The highest BCUT2D eigenvalue weighted by Gasteiger charge is 2.27. The Hall–Kier alpha value is -0.710. The SMILES string of the molecule is CSC1CCCC1NC(=O)CCC(=O)OC(C)(C)C. The van der Waals surface area contributed by atoms with Crippen LogP contribution in [-0.4, -0.2) is 35.0 Å². The van der Waals surface area contributed by atoms with Gasteiger partial charge in [-0.3, -0.25) is 9.59 Å². The van der Waals surface area contributed by atoms with Gasteiger partial charge in [-0.2, -0.15) is 11.8 Å². The van der Waals surface area contributed by atoms with Gasteiger partial charge in [0.05, 0.1) is 6.42 Å². The number of hydrogen-bond donors (Lipinski definition) is 1. The van der Waals surface area contributed by atoms with Gasteiger partial charge < -0.3 is 10.1 Å². The van der Waals surface area contributed by atoms with Crippen molar-refractivity contribution in [3.8, 4) is 0 Å². The molecule has 4 nitrogen and oxygen atoms in total. The zero-order valence-corrected chi connectivity index (χ0v) is 13.1. The summed E-state index contributed by atoms with van der Waals surface area (Å²) in [6.45, 7) is 5.48. The van der Waals surface area contributed by atoms with Crippen molar-refractivity contribution in [3.05, 3.63) is 0 Å². The molecule has 1 amide bonds. The maximum Gasteiger partial charge on any atom is 0.306 e.